The number of methoxy groups -OCH3 is 3. The Morgan fingerprint density at radius 2 is 0.733 bits per heavy atom. The molecule has 12 atom stereocenters. The van der Waals surface area contributed by atoms with Crippen molar-refractivity contribution < 1.29 is 68.2 Å². The molecule has 6 amide bonds. The van der Waals surface area contributed by atoms with Crippen molar-refractivity contribution in [2.45, 2.75) is 293 Å². The van der Waals surface area contributed by atoms with Crippen LogP contribution in [-0.4, -0.2) is 254 Å². The molecule has 9 aromatic rings. The molecule has 6 bridgehead atoms. The summed E-state index contributed by atoms with van der Waals surface area (Å²) < 4.78 is 109. The van der Waals surface area contributed by atoms with Gasteiger partial charge in [0, 0.05) is 202 Å². The van der Waals surface area contributed by atoms with Crippen molar-refractivity contribution in [2.75, 3.05) is 104 Å². The summed E-state index contributed by atoms with van der Waals surface area (Å²) in [7, 11) is 7.95. The molecular formula is C113H151N15O15S3. The zero-order chi connectivity index (χ0) is 99.9. The van der Waals surface area contributed by atoms with Crippen LogP contribution in [0.2, 0.25) is 0 Å². The van der Waals surface area contributed by atoms with E-state index >= 15 is 0 Å². The molecule has 6 aromatic carbocycles. The third kappa shape index (κ3) is 17.9. The molecule has 3 aromatic heterocycles. The summed E-state index contributed by atoms with van der Waals surface area (Å²) >= 11 is 0. The summed E-state index contributed by atoms with van der Waals surface area (Å²) in [4.78, 5) is 93.7. The zero-order valence-corrected chi connectivity index (χ0v) is 87.1. The maximum Gasteiger partial charge on any atom is 0.303 e. The van der Waals surface area contributed by atoms with Gasteiger partial charge in [-0.05, 0) is 291 Å². The van der Waals surface area contributed by atoms with Crippen LogP contribution in [0.1, 0.15) is 296 Å². The lowest BCUT2D eigenvalue weighted by Gasteiger charge is -2.45. The van der Waals surface area contributed by atoms with Gasteiger partial charge in [0.2, 0.25) is 17.7 Å². The molecule has 146 heavy (non-hydrogen) atoms. The van der Waals surface area contributed by atoms with Gasteiger partial charge in [-0.25, -0.2) is 14.2 Å². The van der Waals surface area contributed by atoms with Crippen LogP contribution >= 0.6 is 0 Å². The SMILES string of the molecule is C.C.C.COc1ccc2c(c1)C1CC1(C(=O)N(C)C1CC3CCC1N3C)Cn1c-2c(C2CCCCC2)c2ccc(C(=O)NS(=O)(=O)N(C)C)cc21.COc1ccc2c(c1)C1CC1(C(=O)NC1CC3CCC(C1)N3C)Cn1c-2c(C2CCCCC2)c2ccc(C(=O)NS(=O)(=O)N(C)C)cc21.COc1ccc2c(c1)C1CC1(C(=O)N[C@H]1CN3CCC1CC3)Cn1c-2c(C2CCCCC2)c2ccc(C(=O)NS(=O)(=O)N(C)C)cc21. The number of benzene rings is 6. The number of fused-ring (bicyclic) bond motifs is 28. The van der Waals surface area contributed by atoms with Crippen molar-refractivity contribution in [2.24, 2.45) is 22.2 Å². The van der Waals surface area contributed by atoms with E-state index in [4.69, 9.17) is 14.2 Å². The Balaban J connectivity index is 0.000000137. The van der Waals surface area contributed by atoms with Gasteiger partial charge in [0.1, 0.15) is 17.2 Å². The molecule has 16 aliphatic rings. The molecular weight excluding hydrogens is 1900 g/mol. The first kappa shape index (κ1) is 104. The monoisotopic (exact) mass is 2050 g/mol. The number of carbonyl (C=O) groups excluding carboxylic acids is 6. The highest BCUT2D eigenvalue weighted by atomic mass is 32.2. The van der Waals surface area contributed by atoms with E-state index < -0.39 is 64.6 Å². The van der Waals surface area contributed by atoms with Crippen molar-refractivity contribution in [3.63, 3.8) is 0 Å². The quantitative estimate of drug-likeness (QED) is 0.0446. The molecule has 6 aliphatic carbocycles. The molecule has 7 saturated heterocycles. The predicted molar refractivity (Wildman–Crippen MR) is 572 cm³/mol. The number of nitrogens with zero attached hydrogens (tertiary/aromatic N) is 10. The Morgan fingerprint density at radius 1 is 0.390 bits per heavy atom. The minimum absolute atomic E-state index is 0. The molecule has 25 rings (SSSR count). The number of carbonyl (C=O) groups is 6. The van der Waals surface area contributed by atoms with Crippen LogP contribution in [0, 0.1) is 22.2 Å². The van der Waals surface area contributed by atoms with Gasteiger partial charge in [0.05, 0.1) is 54.7 Å². The summed E-state index contributed by atoms with van der Waals surface area (Å²) in [5.74, 6) is 2.54. The van der Waals surface area contributed by atoms with Crippen LogP contribution in [0.3, 0.4) is 0 Å². The van der Waals surface area contributed by atoms with E-state index in [2.05, 4.69) is 109 Å². The number of rotatable bonds is 21. The number of nitrogens with one attached hydrogen (secondary N) is 5. The van der Waals surface area contributed by atoms with E-state index in [1.165, 1.54) is 136 Å². The highest BCUT2D eigenvalue weighted by Gasteiger charge is 2.67. The molecule has 30 nitrogen and oxygen atoms in total. The standard InChI is InChI=1S/2C37H47N5O5S.C36H45N5O5S.3CH4/c1-39(2)48(45,46)38-35(43)23-11-14-27-31(17-23)42-21-37(36(44)41(4)32-18-24-12-16-30(32)40(24)3)20-29(37)28-19-25(47-5)13-15-26(28)34(42)33(27)22-9-7-6-8-10-22;1-40(2)48(45,46)39-35(43)23-10-14-29-32(16-23)42-21-37(36(44)38-24-17-25-11-12-26(18-24)41(25)3)20-31(37)30-19-27(47-4)13-15-28(30)34(42)33(29)22-8-6-5-7-9-22;1-39(2)47(44,45)38-34(42)24-9-11-27-31(17-24)41-21-36(35(43)37-30-20-40-15-13-22(30)14-16-40)19-29(36)28-18-25(46-3)10-12-26(28)33(41)32(27)23-7-5-4-6-8-23;;;/h11,13-15,17,19,22,24,29-30,32H,6-10,12,16,18,20-21H2,1-5H3,(H,38,43);10,13-16,19,22,24-26,31H,5-9,11-12,17-18,20-21H2,1-4H3,(H,38,44)(H,39,43);9-12,17-18,22-23,29-30H,4-8,13-16,19-21H2,1-3H3,(H,37,43)(H,38,42);3*1H4/t;;29?,30-,36?;;;/m..0.../s1. The van der Waals surface area contributed by atoms with Gasteiger partial charge in [0.25, 0.3) is 17.7 Å². The molecule has 10 aliphatic heterocycles. The second kappa shape index (κ2) is 39.6. The molecule has 11 unspecified atom stereocenters. The summed E-state index contributed by atoms with van der Waals surface area (Å²) in [6, 6.07) is 38.2. The van der Waals surface area contributed by atoms with Crippen LogP contribution in [0.5, 0.6) is 17.2 Å². The third-order valence-electron chi connectivity index (χ3n) is 36.9. The van der Waals surface area contributed by atoms with Gasteiger partial charge in [-0.15, -0.1) is 0 Å². The lowest BCUT2D eigenvalue weighted by molar-refractivity contribution is -0.139. The van der Waals surface area contributed by atoms with E-state index in [1.807, 2.05) is 61.6 Å². The fourth-order valence-corrected chi connectivity index (χ4v) is 30.2. The Bertz CT molecular complexity index is 7010. The van der Waals surface area contributed by atoms with Gasteiger partial charge in [-0.2, -0.15) is 38.2 Å². The first-order valence-electron chi connectivity index (χ1n) is 52.4. The second-order valence-electron chi connectivity index (χ2n) is 45.1. The van der Waals surface area contributed by atoms with Crippen molar-refractivity contribution in [3.05, 3.63) is 159 Å². The minimum Gasteiger partial charge on any atom is -0.497 e. The summed E-state index contributed by atoms with van der Waals surface area (Å²) in [6.07, 6.45) is 29.5. The van der Waals surface area contributed by atoms with Gasteiger partial charge in [-0.1, -0.05) is 98.3 Å². The molecule has 13 fully saturated rings. The number of hydrogen-bond donors (Lipinski definition) is 5. The fraction of sp³-hybridized carbons (Fsp3) is 0.575. The van der Waals surface area contributed by atoms with Gasteiger partial charge < -0.3 is 53.2 Å². The molecule has 786 valence electrons. The molecule has 13 heterocycles. The average Bonchev–Trinajstić information content (AvgIpc) is 1.52. The van der Waals surface area contributed by atoms with Gasteiger partial charge >= 0.3 is 30.6 Å². The van der Waals surface area contributed by atoms with Gasteiger partial charge in [-0.3, -0.25) is 33.7 Å². The maximum absolute atomic E-state index is 14.9. The Labute approximate surface area is 862 Å². The number of amides is 6. The Hall–Kier alpha value is -10.2. The lowest BCUT2D eigenvalue weighted by Crippen LogP contribution is -2.58. The van der Waals surface area contributed by atoms with Crippen LogP contribution in [-0.2, 0) is 64.6 Å². The lowest BCUT2D eigenvalue weighted by atomic mass is 9.81. The average molecular weight is 2060 g/mol. The third-order valence-corrected chi connectivity index (χ3v) is 41.1. The van der Waals surface area contributed by atoms with Gasteiger partial charge in [0.15, 0.2) is 0 Å². The smallest absolute Gasteiger partial charge is 0.303 e. The first-order valence-corrected chi connectivity index (χ1v) is 56.7. The number of ether oxygens (including phenoxy) is 3. The van der Waals surface area contributed by atoms with Crippen LogP contribution in [0.25, 0.3) is 66.5 Å². The minimum atomic E-state index is -3.97. The van der Waals surface area contributed by atoms with E-state index in [0.29, 0.717) is 67.5 Å². The van der Waals surface area contributed by atoms with Crippen molar-refractivity contribution in [3.8, 4) is 51.0 Å². The fourth-order valence-electron chi connectivity index (χ4n) is 28.5. The van der Waals surface area contributed by atoms with Crippen molar-refractivity contribution in [1.82, 2.24) is 71.0 Å². The molecule has 5 N–H and O–H groups in total. The summed E-state index contributed by atoms with van der Waals surface area (Å²) in [5.41, 5.74) is 15.7. The Morgan fingerprint density at radius 3 is 1.07 bits per heavy atom. The van der Waals surface area contributed by atoms with E-state index in [-0.39, 0.29) is 92.6 Å². The highest BCUT2D eigenvalue weighted by Crippen LogP contribution is 2.70. The van der Waals surface area contributed by atoms with Crippen LogP contribution in [0.4, 0.5) is 0 Å². The molecule has 6 saturated carbocycles. The number of aromatic nitrogens is 3. The zero-order valence-electron chi connectivity index (χ0n) is 84.6. The normalized spacial score (nSPS) is 27.7. The number of likely N-dealkylation sites (N-methyl/N-ethyl adjacent to an activating group) is 2. The first-order chi connectivity index (χ1) is 68.5. The van der Waals surface area contributed by atoms with Crippen molar-refractivity contribution >= 4 is 98.8 Å². The van der Waals surface area contributed by atoms with E-state index in [1.54, 1.807) is 39.5 Å². The maximum atomic E-state index is 14.9. The number of piperidine rings is 4. The molecule has 0 spiro atoms. The largest absolute Gasteiger partial charge is 0.497 e. The second-order valence-corrected chi connectivity index (χ2v) is 50.7. The highest BCUT2D eigenvalue weighted by molar-refractivity contribution is 7.88. The topological polar surface area (TPSA) is 330 Å². The van der Waals surface area contributed by atoms with Crippen LogP contribution in [0.15, 0.2) is 109 Å². The molecule has 0 radical (unpaired) electrons. The van der Waals surface area contributed by atoms with E-state index in [9.17, 15) is 54.0 Å². The summed E-state index contributed by atoms with van der Waals surface area (Å²) in [5, 5.41) is 10.3. The van der Waals surface area contributed by atoms with Crippen LogP contribution < -0.4 is 39.0 Å². The molecule has 33 heteroatoms. The Kier molecular flexibility index (Phi) is 28.3. The van der Waals surface area contributed by atoms with E-state index in [0.717, 1.165) is 229 Å². The summed E-state index contributed by atoms with van der Waals surface area (Å²) in [6.45, 7) is 4.66. The predicted octanol–water partition coefficient (Wildman–Crippen LogP) is 16.7. The van der Waals surface area contributed by atoms with Crippen molar-refractivity contribution in [1.29, 1.82) is 0 Å². The number of hydrogen-bond acceptors (Lipinski definition) is 18.